The molecule has 0 saturated heterocycles. The maximum atomic E-state index is 12.2. The molecule has 0 fully saturated rings. The number of esters is 1. The van der Waals surface area contributed by atoms with E-state index in [1.165, 1.54) is 0 Å². The zero-order valence-electron chi connectivity index (χ0n) is 14.1. The number of methoxy groups -OCH3 is 1. The van der Waals surface area contributed by atoms with Crippen molar-refractivity contribution in [3.8, 4) is 0 Å². The van der Waals surface area contributed by atoms with Gasteiger partial charge in [0.15, 0.2) is 0 Å². The first-order valence-corrected chi connectivity index (χ1v) is 7.90. The molecule has 0 spiro atoms. The summed E-state index contributed by atoms with van der Waals surface area (Å²) >= 11 is 0. The molecule has 2 atom stereocenters. The molecule has 4 heteroatoms. The van der Waals surface area contributed by atoms with E-state index in [4.69, 9.17) is 14.2 Å². The molecule has 124 valence electrons. The highest BCUT2D eigenvalue weighted by Crippen LogP contribution is 2.29. The van der Waals surface area contributed by atoms with Crippen LogP contribution >= 0.6 is 0 Å². The molecule has 0 unspecified atom stereocenters. The van der Waals surface area contributed by atoms with Crippen LogP contribution in [0.4, 0.5) is 0 Å². The van der Waals surface area contributed by atoms with Crippen molar-refractivity contribution in [2.75, 3.05) is 20.5 Å². The third-order valence-corrected chi connectivity index (χ3v) is 3.43. The van der Waals surface area contributed by atoms with E-state index in [1.807, 2.05) is 37.3 Å². The summed E-state index contributed by atoms with van der Waals surface area (Å²) in [5, 5.41) is 0. The molecular weight excluding hydrogens is 280 g/mol. The Morgan fingerprint density at radius 2 is 1.82 bits per heavy atom. The summed E-state index contributed by atoms with van der Waals surface area (Å²) in [6.45, 7) is 6.67. The number of carbonyl (C=O) groups is 1. The van der Waals surface area contributed by atoms with Gasteiger partial charge in [0.25, 0.3) is 0 Å². The summed E-state index contributed by atoms with van der Waals surface area (Å²) in [5.41, 5.74) is 1.05. The maximum Gasteiger partial charge on any atom is 0.309 e. The minimum absolute atomic E-state index is 0.141. The molecule has 22 heavy (non-hydrogen) atoms. The Morgan fingerprint density at radius 1 is 1.14 bits per heavy atom. The normalized spacial score (nSPS) is 13.9. The summed E-state index contributed by atoms with van der Waals surface area (Å²) in [5.74, 6) is 0.119. The highest BCUT2D eigenvalue weighted by molar-refractivity contribution is 5.72. The number of rotatable bonds is 10. The molecule has 0 N–H and O–H groups in total. The lowest BCUT2D eigenvalue weighted by Crippen LogP contribution is -2.23. The average Bonchev–Trinajstić information content (AvgIpc) is 2.51. The van der Waals surface area contributed by atoms with Crippen LogP contribution in [0.3, 0.4) is 0 Å². The van der Waals surface area contributed by atoms with Gasteiger partial charge in [0.2, 0.25) is 0 Å². The molecule has 0 bridgehead atoms. The molecular formula is C18H28O4. The van der Waals surface area contributed by atoms with E-state index in [0.717, 1.165) is 12.0 Å². The monoisotopic (exact) mass is 308 g/mol. The van der Waals surface area contributed by atoms with Crippen LogP contribution in [-0.4, -0.2) is 26.5 Å². The van der Waals surface area contributed by atoms with E-state index in [2.05, 4.69) is 13.8 Å². The fraction of sp³-hybridized carbons (Fsp3) is 0.611. The topological polar surface area (TPSA) is 44.8 Å². The van der Waals surface area contributed by atoms with Gasteiger partial charge in [-0.2, -0.15) is 0 Å². The van der Waals surface area contributed by atoms with Gasteiger partial charge in [-0.15, -0.1) is 0 Å². The minimum Gasteiger partial charge on any atom is -0.466 e. The Kier molecular flexibility index (Phi) is 8.78. The van der Waals surface area contributed by atoms with Gasteiger partial charge >= 0.3 is 5.97 Å². The molecule has 1 aromatic carbocycles. The van der Waals surface area contributed by atoms with Gasteiger partial charge < -0.3 is 14.2 Å². The van der Waals surface area contributed by atoms with E-state index in [-0.39, 0.29) is 24.8 Å². The lowest BCUT2D eigenvalue weighted by molar-refractivity contribution is -0.151. The molecule has 0 heterocycles. The van der Waals surface area contributed by atoms with E-state index in [1.54, 1.807) is 7.11 Å². The van der Waals surface area contributed by atoms with Crippen LogP contribution < -0.4 is 0 Å². The van der Waals surface area contributed by atoms with E-state index in [0.29, 0.717) is 18.9 Å². The first-order chi connectivity index (χ1) is 10.6. The second-order valence-corrected chi connectivity index (χ2v) is 5.79. The largest absolute Gasteiger partial charge is 0.466 e. The van der Waals surface area contributed by atoms with Gasteiger partial charge in [0, 0.05) is 7.11 Å². The number of benzene rings is 1. The van der Waals surface area contributed by atoms with Gasteiger partial charge in [0.05, 0.1) is 18.6 Å². The Balaban J connectivity index is 2.84. The molecule has 0 aliphatic carbocycles. The van der Waals surface area contributed by atoms with Gasteiger partial charge in [0.1, 0.15) is 6.79 Å². The molecule has 1 aromatic rings. The number of hydrogen-bond donors (Lipinski definition) is 0. The van der Waals surface area contributed by atoms with Crippen LogP contribution in [-0.2, 0) is 19.0 Å². The van der Waals surface area contributed by atoms with Crippen molar-refractivity contribution in [1.29, 1.82) is 0 Å². The van der Waals surface area contributed by atoms with Gasteiger partial charge in [-0.3, -0.25) is 4.79 Å². The zero-order chi connectivity index (χ0) is 16.4. The Bertz CT molecular complexity index is 416. The predicted octanol–water partition coefficient (Wildman–Crippen LogP) is 3.96. The van der Waals surface area contributed by atoms with Crippen LogP contribution in [0.25, 0.3) is 0 Å². The standard InChI is InChI=1S/C18H28O4/c1-5-21-18(19)16(11-14(2)3)12-17(22-13-20-4)15-9-7-6-8-10-15/h6-10,14,16-17H,5,11-13H2,1-4H3/t16-,17+/m1/s1. The highest BCUT2D eigenvalue weighted by Gasteiger charge is 2.26. The van der Waals surface area contributed by atoms with Gasteiger partial charge in [-0.25, -0.2) is 0 Å². The predicted molar refractivity (Wildman–Crippen MR) is 86.3 cm³/mol. The smallest absolute Gasteiger partial charge is 0.309 e. The molecule has 0 saturated carbocycles. The van der Waals surface area contributed by atoms with Crippen LogP contribution in [0.15, 0.2) is 30.3 Å². The molecule has 1 rings (SSSR count). The molecule has 0 amide bonds. The number of carbonyl (C=O) groups excluding carboxylic acids is 1. The van der Waals surface area contributed by atoms with Gasteiger partial charge in [-0.1, -0.05) is 44.2 Å². The third kappa shape index (κ3) is 6.58. The average molecular weight is 308 g/mol. The molecule has 0 aliphatic rings. The minimum atomic E-state index is -0.172. The summed E-state index contributed by atoms with van der Waals surface area (Å²) in [4.78, 5) is 12.2. The van der Waals surface area contributed by atoms with Crippen molar-refractivity contribution >= 4 is 5.97 Å². The fourth-order valence-electron chi connectivity index (χ4n) is 2.49. The molecule has 0 aliphatic heterocycles. The van der Waals surface area contributed by atoms with Crippen molar-refractivity contribution in [3.05, 3.63) is 35.9 Å². The lowest BCUT2D eigenvalue weighted by Gasteiger charge is -2.24. The van der Waals surface area contributed by atoms with Gasteiger partial charge in [-0.05, 0) is 31.2 Å². The summed E-state index contributed by atoms with van der Waals surface area (Å²) in [7, 11) is 1.60. The first-order valence-electron chi connectivity index (χ1n) is 7.90. The third-order valence-electron chi connectivity index (χ3n) is 3.43. The van der Waals surface area contributed by atoms with Crippen LogP contribution in [0.2, 0.25) is 0 Å². The van der Waals surface area contributed by atoms with Crippen molar-refractivity contribution < 1.29 is 19.0 Å². The molecule has 4 nitrogen and oxygen atoms in total. The second-order valence-electron chi connectivity index (χ2n) is 5.79. The fourth-order valence-corrected chi connectivity index (χ4v) is 2.49. The lowest BCUT2D eigenvalue weighted by atomic mass is 9.89. The van der Waals surface area contributed by atoms with Crippen molar-refractivity contribution in [2.45, 2.75) is 39.7 Å². The number of hydrogen-bond acceptors (Lipinski definition) is 4. The zero-order valence-corrected chi connectivity index (χ0v) is 14.1. The summed E-state index contributed by atoms with van der Waals surface area (Å²) in [6.07, 6.45) is 1.22. The van der Waals surface area contributed by atoms with Crippen molar-refractivity contribution in [3.63, 3.8) is 0 Å². The molecule has 0 aromatic heterocycles. The maximum absolute atomic E-state index is 12.2. The Morgan fingerprint density at radius 3 is 2.36 bits per heavy atom. The van der Waals surface area contributed by atoms with Crippen LogP contribution in [0, 0.1) is 11.8 Å². The Hall–Kier alpha value is -1.39. The van der Waals surface area contributed by atoms with Crippen molar-refractivity contribution in [2.24, 2.45) is 11.8 Å². The second kappa shape index (κ2) is 10.4. The highest BCUT2D eigenvalue weighted by atomic mass is 16.7. The van der Waals surface area contributed by atoms with Crippen LogP contribution in [0.1, 0.15) is 45.3 Å². The number of ether oxygens (including phenoxy) is 3. The first kappa shape index (κ1) is 18.7. The van der Waals surface area contributed by atoms with E-state index in [9.17, 15) is 4.79 Å². The summed E-state index contributed by atoms with van der Waals surface area (Å²) < 4.78 is 16.0. The quantitative estimate of drug-likeness (QED) is 0.485. The van der Waals surface area contributed by atoms with Crippen LogP contribution in [0.5, 0.6) is 0 Å². The van der Waals surface area contributed by atoms with E-state index < -0.39 is 0 Å². The van der Waals surface area contributed by atoms with Crippen molar-refractivity contribution in [1.82, 2.24) is 0 Å². The van der Waals surface area contributed by atoms with E-state index >= 15 is 0 Å². The summed E-state index contributed by atoms with van der Waals surface area (Å²) in [6, 6.07) is 9.93. The Labute approximate surface area is 133 Å². The molecule has 0 radical (unpaired) electrons. The SMILES string of the molecule is CCOC(=O)[C@H](CC(C)C)C[C@H](OCOC)c1ccccc1.